The van der Waals surface area contributed by atoms with Crippen LogP contribution in [-0.4, -0.2) is 4.98 Å². The molecule has 2 N–H and O–H groups in total. The van der Waals surface area contributed by atoms with E-state index >= 15 is 0 Å². The fourth-order valence-electron chi connectivity index (χ4n) is 1.08. The van der Waals surface area contributed by atoms with E-state index in [1.807, 2.05) is 64.1 Å². The standard InChI is InChI=1S/C9H8N2.2C2H6.H2/c10-9-6-5-7-3-1-2-4-8(7)11-9;2*1-2;/h1-6H,(H2,10,11);2*1-2H3;1H. The number of benzene rings is 1. The second-order valence-electron chi connectivity index (χ2n) is 2.43. The number of aromatic nitrogens is 1. The normalized spacial score (nSPS) is 8.27. The molecule has 0 bridgehead atoms. The topological polar surface area (TPSA) is 38.9 Å². The fraction of sp³-hybridized carbons (Fsp3) is 0.308. The summed E-state index contributed by atoms with van der Waals surface area (Å²) in [4.78, 5) is 4.15. The highest BCUT2D eigenvalue weighted by Gasteiger charge is 1.91. The van der Waals surface area contributed by atoms with Gasteiger partial charge in [0.05, 0.1) is 5.52 Å². The van der Waals surface area contributed by atoms with E-state index in [2.05, 4.69) is 4.98 Å². The van der Waals surface area contributed by atoms with Gasteiger partial charge in [-0.05, 0) is 18.2 Å². The minimum absolute atomic E-state index is 0. The molecule has 1 heterocycles. The molecule has 0 atom stereocenters. The molecule has 0 spiro atoms. The third-order valence-electron chi connectivity index (χ3n) is 1.62. The number of nitrogens with zero attached hydrogens (tertiary/aromatic N) is 1. The maximum atomic E-state index is 5.51. The molecular weight excluding hydrogens is 184 g/mol. The highest BCUT2D eigenvalue weighted by atomic mass is 14.8. The smallest absolute Gasteiger partial charge is 0.124 e. The molecule has 0 fully saturated rings. The summed E-state index contributed by atoms with van der Waals surface area (Å²) in [5, 5.41) is 1.13. The van der Waals surface area contributed by atoms with Gasteiger partial charge in [-0.25, -0.2) is 4.98 Å². The summed E-state index contributed by atoms with van der Waals surface area (Å²) in [5.74, 6) is 0.573. The van der Waals surface area contributed by atoms with Crippen molar-refractivity contribution < 1.29 is 1.43 Å². The molecule has 0 aliphatic heterocycles. The average molecular weight is 206 g/mol. The van der Waals surface area contributed by atoms with Crippen molar-refractivity contribution in [2.24, 2.45) is 0 Å². The molecule has 0 saturated carbocycles. The van der Waals surface area contributed by atoms with Crippen LogP contribution in [0.15, 0.2) is 36.4 Å². The molecule has 0 amide bonds. The van der Waals surface area contributed by atoms with E-state index in [0.717, 1.165) is 10.9 Å². The fourth-order valence-corrected chi connectivity index (χ4v) is 1.08. The summed E-state index contributed by atoms with van der Waals surface area (Å²) in [6.07, 6.45) is 0. The first-order valence-corrected chi connectivity index (χ1v) is 5.47. The molecular formula is C13H22N2. The summed E-state index contributed by atoms with van der Waals surface area (Å²) in [7, 11) is 0. The molecule has 1 aromatic heterocycles. The van der Waals surface area contributed by atoms with Crippen LogP contribution in [0.4, 0.5) is 5.82 Å². The number of rotatable bonds is 0. The summed E-state index contributed by atoms with van der Waals surface area (Å²) in [5.41, 5.74) is 6.46. The van der Waals surface area contributed by atoms with Crippen LogP contribution >= 0.6 is 0 Å². The molecule has 0 aliphatic rings. The minimum Gasteiger partial charge on any atom is -0.384 e. The number of pyridine rings is 1. The van der Waals surface area contributed by atoms with Crippen molar-refractivity contribution >= 4 is 16.7 Å². The summed E-state index contributed by atoms with van der Waals surface area (Å²) >= 11 is 0. The number of nitrogen functional groups attached to an aromatic ring is 1. The Morgan fingerprint density at radius 1 is 0.933 bits per heavy atom. The number of nitrogens with two attached hydrogens (primary N) is 1. The van der Waals surface area contributed by atoms with E-state index in [4.69, 9.17) is 5.73 Å². The molecule has 0 unspecified atom stereocenters. The molecule has 2 aromatic rings. The summed E-state index contributed by atoms with van der Waals surface area (Å²) in [6, 6.07) is 11.7. The molecule has 84 valence electrons. The van der Waals surface area contributed by atoms with Crippen molar-refractivity contribution in [3.8, 4) is 0 Å². The minimum atomic E-state index is 0. The third-order valence-corrected chi connectivity index (χ3v) is 1.62. The van der Waals surface area contributed by atoms with E-state index in [-0.39, 0.29) is 1.43 Å². The van der Waals surface area contributed by atoms with Gasteiger partial charge >= 0.3 is 0 Å². The predicted octanol–water partition coefficient (Wildman–Crippen LogP) is 4.12. The zero-order chi connectivity index (χ0) is 11.7. The van der Waals surface area contributed by atoms with E-state index in [1.165, 1.54) is 0 Å². The van der Waals surface area contributed by atoms with Crippen LogP contribution in [0.2, 0.25) is 0 Å². The van der Waals surface area contributed by atoms with Gasteiger partial charge in [0.2, 0.25) is 0 Å². The van der Waals surface area contributed by atoms with Crippen molar-refractivity contribution in [2.45, 2.75) is 27.7 Å². The van der Waals surface area contributed by atoms with Gasteiger partial charge in [0, 0.05) is 6.81 Å². The van der Waals surface area contributed by atoms with E-state index in [9.17, 15) is 0 Å². The Morgan fingerprint density at radius 3 is 2.20 bits per heavy atom. The highest BCUT2D eigenvalue weighted by molar-refractivity contribution is 5.79. The average Bonchev–Trinajstić information content (AvgIpc) is 2.34. The Bertz CT molecular complexity index is 388. The lowest BCUT2D eigenvalue weighted by molar-refractivity contribution is 1.42. The zero-order valence-corrected chi connectivity index (χ0v) is 9.99. The van der Waals surface area contributed by atoms with Crippen LogP contribution in [0, 0.1) is 0 Å². The van der Waals surface area contributed by atoms with Gasteiger partial charge in [-0.3, -0.25) is 0 Å². The van der Waals surface area contributed by atoms with E-state index in [1.54, 1.807) is 0 Å². The van der Waals surface area contributed by atoms with Crippen molar-refractivity contribution in [1.82, 2.24) is 4.98 Å². The second-order valence-corrected chi connectivity index (χ2v) is 2.43. The van der Waals surface area contributed by atoms with Gasteiger partial charge in [-0.2, -0.15) is 0 Å². The third kappa shape index (κ3) is 3.98. The van der Waals surface area contributed by atoms with Crippen LogP contribution < -0.4 is 5.73 Å². The Balaban J connectivity index is 0. The first-order chi connectivity index (χ1) is 7.36. The van der Waals surface area contributed by atoms with Gasteiger partial charge in [0.25, 0.3) is 0 Å². The maximum absolute atomic E-state index is 5.51. The molecule has 2 nitrogen and oxygen atoms in total. The quantitative estimate of drug-likeness (QED) is 0.704. The molecule has 15 heavy (non-hydrogen) atoms. The molecule has 0 saturated heterocycles. The van der Waals surface area contributed by atoms with Crippen LogP contribution in [0.5, 0.6) is 0 Å². The lowest BCUT2D eigenvalue weighted by Crippen LogP contribution is -1.88. The SMILES string of the molecule is CC.CC.Nc1ccc2ccccc2n1.[HH]. The second kappa shape index (κ2) is 7.80. The van der Waals surface area contributed by atoms with Crippen molar-refractivity contribution in [3.63, 3.8) is 0 Å². The maximum Gasteiger partial charge on any atom is 0.124 e. The number of anilines is 1. The van der Waals surface area contributed by atoms with Crippen LogP contribution in [0.1, 0.15) is 29.1 Å². The Hall–Kier alpha value is -1.57. The first-order valence-electron chi connectivity index (χ1n) is 5.47. The lowest BCUT2D eigenvalue weighted by Gasteiger charge is -1.95. The first kappa shape index (κ1) is 13.4. The summed E-state index contributed by atoms with van der Waals surface area (Å²) < 4.78 is 0. The highest BCUT2D eigenvalue weighted by Crippen LogP contribution is 2.11. The van der Waals surface area contributed by atoms with E-state index in [0.29, 0.717) is 5.82 Å². The summed E-state index contributed by atoms with van der Waals surface area (Å²) in [6.45, 7) is 8.00. The predicted molar refractivity (Wildman–Crippen MR) is 71.0 cm³/mol. The largest absolute Gasteiger partial charge is 0.384 e. The van der Waals surface area contributed by atoms with Crippen LogP contribution in [0.25, 0.3) is 10.9 Å². The Morgan fingerprint density at radius 2 is 1.53 bits per heavy atom. The lowest BCUT2D eigenvalue weighted by atomic mass is 10.2. The van der Waals surface area contributed by atoms with Gasteiger partial charge in [-0.1, -0.05) is 45.9 Å². The Kier molecular flexibility index (Phi) is 6.98. The van der Waals surface area contributed by atoms with Crippen LogP contribution in [0.3, 0.4) is 0 Å². The van der Waals surface area contributed by atoms with Gasteiger partial charge in [-0.15, -0.1) is 0 Å². The van der Waals surface area contributed by atoms with E-state index < -0.39 is 0 Å². The Labute approximate surface area is 93.6 Å². The molecule has 0 radical (unpaired) electrons. The number of para-hydroxylation sites is 1. The van der Waals surface area contributed by atoms with Crippen molar-refractivity contribution in [1.29, 1.82) is 0 Å². The van der Waals surface area contributed by atoms with Crippen molar-refractivity contribution in [3.05, 3.63) is 36.4 Å². The number of hydrogen-bond donors (Lipinski definition) is 1. The zero-order valence-electron chi connectivity index (χ0n) is 9.99. The molecule has 0 aliphatic carbocycles. The number of fused-ring (bicyclic) bond motifs is 1. The van der Waals surface area contributed by atoms with Gasteiger partial charge in [0.15, 0.2) is 0 Å². The van der Waals surface area contributed by atoms with Gasteiger partial charge < -0.3 is 5.73 Å². The van der Waals surface area contributed by atoms with Crippen molar-refractivity contribution in [2.75, 3.05) is 5.73 Å². The monoisotopic (exact) mass is 206 g/mol. The van der Waals surface area contributed by atoms with Gasteiger partial charge in [0.1, 0.15) is 5.82 Å². The van der Waals surface area contributed by atoms with Crippen LogP contribution in [-0.2, 0) is 0 Å². The molecule has 2 rings (SSSR count). The number of hydrogen-bond acceptors (Lipinski definition) is 2. The molecule has 2 heteroatoms. The molecule has 1 aromatic carbocycles.